The van der Waals surface area contributed by atoms with Crippen molar-refractivity contribution in [2.24, 2.45) is 5.73 Å². The maximum absolute atomic E-state index is 5.83. The van der Waals surface area contributed by atoms with Crippen molar-refractivity contribution in [2.45, 2.75) is 46.0 Å². The summed E-state index contributed by atoms with van der Waals surface area (Å²) >= 11 is 1.78. The van der Waals surface area contributed by atoms with E-state index in [2.05, 4.69) is 36.4 Å². The Morgan fingerprint density at radius 3 is 2.74 bits per heavy atom. The van der Waals surface area contributed by atoms with E-state index in [0.717, 1.165) is 17.1 Å². The van der Waals surface area contributed by atoms with Gasteiger partial charge in [-0.3, -0.25) is 4.40 Å². The molecule has 4 heteroatoms. The maximum atomic E-state index is 5.83. The Morgan fingerprint density at radius 1 is 1.17 bits per heavy atom. The molecule has 2 aromatic heterocycles. The topological polar surface area (TPSA) is 43.3 Å². The van der Waals surface area contributed by atoms with Crippen LogP contribution in [0.15, 0.2) is 18.2 Å². The molecular weight excluding hydrogens is 302 g/mol. The zero-order valence-corrected chi connectivity index (χ0v) is 14.7. The number of benzene rings is 1. The number of imidazole rings is 1. The van der Waals surface area contributed by atoms with Gasteiger partial charge in [0.05, 0.1) is 11.4 Å². The fourth-order valence-corrected chi connectivity index (χ4v) is 4.87. The summed E-state index contributed by atoms with van der Waals surface area (Å²) in [5.41, 5.74) is 13.9. The second-order valence-corrected chi connectivity index (χ2v) is 7.68. The number of thiazole rings is 1. The molecule has 0 bridgehead atoms. The number of hydrogen-bond acceptors (Lipinski definition) is 3. The summed E-state index contributed by atoms with van der Waals surface area (Å²) < 4.78 is 2.34. The number of nitrogens with two attached hydrogens (primary N) is 1. The van der Waals surface area contributed by atoms with E-state index in [-0.39, 0.29) is 0 Å². The van der Waals surface area contributed by atoms with Crippen LogP contribution in [0.3, 0.4) is 0 Å². The Bertz CT molecular complexity index is 872. The molecule has 0 saturated carbocycles. The molecule has 0 spiro atoms. The van der Waals surface area contributed by atoms with Gasteiger partial charge in [0.25, 0.3) is 0 Å². The monoisotopic (exact) mass is 325 g/mol. The van der Waals surface area contributed by atoms with Gasteiger partial charge in [-0.2, -0.15) is 0 Å². The van der Waals surface area contributed by atoms with Crippen LogP contribution in [0.25, 0.3) is 16.2 Å². The van der Waals surface area contributed by atoms with Gasteiger partial charge in [0.1, 0.15) is 0 Å². The number of aromatic nitrogens is 2. The number of rotatable bonds is 3. The summed E-state index contributed by atoms with van der Waals surface area (Å²) in [4.78, 5) is 7.18. The van der Waals surface area contributed by atoms with Gasteiger partial charge in [0.15, 0.2) is 4.96 Å². The molecule has 23 heavy (non-hydrogen) atoms. The molecule has 1 aliphatic rings. The Labute approximate surface area is 141 Å². The summed E-state index contributed by atoms with van der Waals surface area (Å²) in [5.74, 6) is 0. The van der Waals surface area contributed by atoms with E-state index < -0.39 is 0 Å². The molecule has 120 valence electrons. The van der Waals surface area contributed by atoms with Crippen LogP contribution in [-0.4, -0.2) is 15.9 Å². The maximum Gasteiger partial charge on any atom is 0.194 e. The van der Waals surface area contributed by atoms with Crippen LogP contribution in [0.5, 0.6) is 0 Å². The van der Waals surface area contributed by atoms with Crippen molar-refractivity contribution >= 4 is 16.3 Å². The summed E-state index contributed by atoms with van der Waals surface area (Å²) in [5, 5.41) is 0. The second kappa shape index (κ2) is 5.77. The van der Waals surface area contributed by atoms with Gasteiger partial charge in [-0.25, -0.2) is 4.98 Å². The first-order chi connectivity index (χ1) is 11.2. The van der Waals surface area contributed by atoms with E-state index in [1.54, 1.807) is 11.3 Å². The van der Waals surface area contributed by atoms with Crippen molar-refractivity contribution in [3.63, 3.8) is 0 Å². The fourth-order valence-electron chi connectivity index (χ4n) is 3.82. The quantitative estimate of drug-likeness (QED) is 0.789. The van der Waals surface area contributed by atoms with E-state index >= 15 is 0 Å². The van der Waals surface area contributed by atoms with Gasteiger partial charge in [-0.05, 0) is 68.8 Å². The molecule has 0 amide bonds. The van der Waals surface area contributed by atoms with E-state index in [4.69, 9.17) is 10.7 Å². The van der Waals surface area contributed by atoms with Crippen molar-refractivity contribution in [2.75, 3.05) is 6.54 Å². The lowest BCUT2D eigenvalue weighted by Gasteiger charge is -2.17. The predicted octanol–water partition coefficient (Wildman–Crippen LogP) is 4.06. The van der Waals surface area contributed by atoms with Gasteiger partial charge < -0.3 is 5.73 Å². The van der Waals surface area contributed by atoms with Crippen molar-refractivity contribution in [1.82, 2.24) is 9.38 Å². The molecule has 0 fully saturated rings. The Morgan fingerprint density at radius 2 is 1.96 bits per heavy atom. The second-order valence-electron chi connectivity index (χ2n) is 6.50. The van der Waals surface area contributed by atoms with Gasteiger partial charge in [-0.1, -0.05) is 12.1 Å². The van der Waals surface area contributed by atoms with Gasteiger partial charge >= 0.3 is 0 Å². The molecule has 0 unspecified atom stereocenters. The SMILES string of the molecule is Cc1nc2sc(C)c(-c3ccc4c(c3)CCCC4)n2c1CCN. The third-order valence-corrected chi connectivity index (χ3v) is 5.90. The standard InChI is InChI=1S/C19H23N3S/c1-12-17(9-10-20)22-18(13(2)23-19(22)21-12)16-8-7-14-5-3-4-6-15(14)11-16/h7-8,11H,3-6,9-10,20H2,1-2H3. The van der Waals surface area contributed by atoms with Crippen LogP contribution in [-0.2, 0) is 19.3 Å². The summed E-state index contributed by atoms with van der Waals surface area (Å²) in [6.07, 6.45) is 5.97. The molecule has 2 N–H and O–H groups in total. The molecule has 3 nitrogen and oxygen atoms in total. The lowest BCUT2D eigenvalue weighted by atomic mass is 9.90. The largest absolute Gasteiger partial charge is 0.330 e. The van der Waals surface area contributed by atoms with E-state index in [0.29, 0.717) is 6.54 Å². The van der Waals surface area contributed by atoms with Crippen molar-refractivity contribution in [3.05, 3.63) is 45.6 Å². The van der Waals surface area contributed by atoms with Crippen LogP contribution < -0.4 is 5.73 Å². The molecule has 3 aromatic rings. The van der Waals surface area contributed by atoms with Gasteiger partial charge in [0.2, 0.25) is 0 Å². The minimum Gasteiger partial charge on any atom is -0.330 e. The van der Waals surface area contributed by atoms with E-state index in [9.17, 15) is 0 Å². The highest BCUT2D eigenvalue weighted by Gasteiger charge is 2.19. The van der Waals surface area contributed by atoms with Crippen LogP contribution in [0.2, 0.25) is 0 Å². The Kier molecular flexibility index (Phi) is 3.74. The smallest absolute Gasteiger partial charge is 0.194 e. The number of fused-ring (bicyclic) bond motifs is 2. The van der Waals surface area contributed by atoms with Crippen LogP contribution in [0.4, 0.5) is 0 Å². The zero-order chi connectivity index (χ0) is 16.0. The lowest BCUT2D eigenvalue weighted by molar-refractivity contribution is 0.686. The number of aryl methyl sites for hydroxylation is 4. The van der Waals surface area contributed by atoms with E-state index in [1.165, 1.54) is 58.6 Å². The van der Waals surface area contributed by atoms with Crippen molar-refractivity contribution in [1.29, 1.82) is 0 Å². The molecule has 0 atom stereocenters. The van der Waals surface area contributed by atoms with Gasteiger partial charge in [0, 0.05) is 17.0 Å². The van der Waals surface area contributed by atoms with Crippen molar-refractivity contribution < 1.29 is 0 Å². The normalized spacial score (nSPS) is 14.4. The molecule has 1 aromatic carbocycles. The highest BCUT2D eigenvalue weighted by atomic mass is 32.1. The van der Waals surface area contributed by atoms with Crippen LogP contribution >= 0.6 is 11.3 Å². The Balaban J connectivity index is 1.92. The molecule has 0 radical (unpaired) electrons. The first-order valence-electron chi connectivity index (χ1n) is 8.48. The predicted molar refractivity (Wildman–Crippen MR) is 97.4 cm³/mol. The molecule has 0 aliphatic heterocycles. The summed E-state index contributed by atoms with van der Waals surface area (Å²) in [6.45, 7) is 4.96. The van der Waals surface area contributed by atoms with Crippen LogP contribution in [0.1, 0.15) is 40.2 Å². The summed E-state index contributed by atoms with van der Waals surface area (Å²) in [6, 6.07) is 7.03. The average Bonchev–Trinajstić information content (AvgIpc) is 3.02. The molecule has 2 heterocycles. The summed E-state index contributed by atoms with van der Waals surface area (Å²) in [7, 11) is 0. The average molecular weight is 325 g/mol. The minimum atomic E-state index is 0.660. The first kappa shape index (κ1) is 14.9. The first-order valence-corrected chi connectivity index (χ1v) is 9.30. The van der Waals surface area contributed by atoms with E-state index in [1.807, 2.05) is 0 Å². The third-order valence-electron chi connectivity index (χ3n) is 4.95. The number of nitrogens with zero attached hydrogens (tertiary/aromatic N) is 2. The lowest BCUT2D eigenvalue weighted by Crippen LogP contribution is -2.07. The molecule has 1 aliphatic carbocycles. The highest BCUT2D eigenvalue weighted by molar-refractivity contribution is 7.17. The van der Waals surface area contributed by atoms with Gasteiger partial charge in [-0.15, -0.1) is 11.3 Å². The van der Waals surface area contributed by atoms with Crippen molar-refractivity contribution in [3.8, 4) is 11.3 Å². The molecular formula is C19H23N3S. The third kappa shape index (κ3) is 2.41. The zero-order valence-electron chi connectivity index (χ0n) is 13.9. The molecule has 0 saturated heterocycles. The fraction of sp³-hybridized carbons (Fsp3) is 0.421. The Hall–Kier alpha value is -1.65. The number of hydrogen-bond donors (Lipinski definition) is 1. The van der Waals surface area contributed by atoms with Crippen LogP contribution in [0, 0.1) is 13.8 Å². The molecule has 4 rings (SSSR count). The minimum absolute atomic E-state index is 0.660. The highest BCUT2D eigenvalue weighted by Crippen LogP contribution is 2.35.